The van der Waals surface area contributed by atoms with Gasteiger partial charge in [0, 0.05) is 17.5 Å². The zero-order valence-corrected chi connectivity index (χ0v) is 19.9. The van der Waals surface area contributed by atoms with Gasteiger partial charge in [-0.15, -0.1) is 0 Å². The van der Waals surface area contributed by atoms with Crippen molar-refractivity contribution in [3.63, 3.8) is 0 Å². The molecule has 1 heterocycles. The second kappa shape index (κ2) is 8.18. The molecule has 2 aromatic carbocycles. The molecule has 0 unspecified atom stereocenters. The van der Waals surface area contributed by atoms with Crippen LogP contribution >= 0.6 is 0 Å². The van der Waals surface area contributed by atoms with Gasteiger partial charge in [0.05, 0.1) is 5.92 Å². The molecule has 1 heteroatoms. The van der Waals surface area contributed by atoms with E-state index >= 15 is 0 Å². The summed E-state index contributed by atoms with van der Waals surface area (Å²) in [5.74, 6) is 1.37. The van der Waals surface area contributed by atoms with Gasteiger partial charge in [-0.1, -0.05) is 91.4 Å². The fourth-order valence-electron chi connectivity index (χ4n) is 5.50. The fraction of sp³-hybridized carbons (Fsp3) is 0.121. The van der Waals surface area contributed by atoms with Crippen LogP contribution in [0.5, 0.6) is 0 Å². The maximum absolute atomic E-state index is 3.43. The Morgan fingerprint density at radius 1 is 0.735 bits per heavy atom. The third-order valence-corrected chi connectivity index (χ3v) is 7.19. The van der Waals surface area contributed by atoms with Crippen LogP contribution in [0.4, 0.5) is 0 Å². The van der Waals surface area contributed by atoms with Crippen LogP contribution < -0.4 is 5.32 Å². The van der Waals surface area contributed by atoms with Gasteiger partial charge >= 0.3 is 0 Å². The van der Waals surface area contributed by atoms with E-state index in [-0.39, 0.29) is 0 Å². The SMILES string of the molecule is CCc1ccc(-c2cccc3c2C=C(C)[C]3C2=C(C)C=C3C(C4=CC=CC=CN4)=CC=C32)cc1. The Morgan fingerprint density at radius 3 is 2.35 bits per heavy atom. The van der Waals surface area contributed by atoms with Crippen LogP contribution in [0.15, 0.2) is 130 Å². The van der Waals surface area contributed by atoms with E-state index in [4.69, 9.17) is 0 Å². The highest BCUT2D eigenvalue weighted by Gasteiger charge is 2.36. The Morgan fingerprint density at radius 2 is 1.53 bits per heavy atom. The Hall–Kier alpha value is -3.84. The molecule has 1 aliphatic heterocycles. The van der Waals surface area contributed by atoms with Gasteiger partial charge < -0.3 is 5.32 Å². The third-order valence-electron chi connectivity index (χ3n) is 7.19. The Balaban J connectivity index is 1.36. The first-order valence-electron chi connectivity index (χ1n) is 12.1. The van der Waals surface area contributed by atoms with E-state index in [0.717, 1.165) is 12.1 Å². The van der Waals surface area contributed by atoms with Gasteiger partial charge in [0.1, 0.15) is 0 Å². The minimum absolute atomic E-state index is 1.07. The molecular weight excluding hydrogens is 410 g/mol. The Labute approximate surface area is 202 Å². The molecule has 4 aliphatic rings. The van der Waals surface area contributed by atoms with Gasteiger partial charge in [-0.05, 0) is 82.5 Å². The second-order valence-corrected chi connectivity index (χ2v) is 9.27. The van der Waals surface area contributed by atoms with Gasteiger partial charge in [-0.3, -0.25) is 0 Å². The summed E-state index contributed by atoms with van der Waals surface area (Å²) < 4.78 is 0. The molecule has 0 amide bonds. The molecule has 6 rings (SSSR count). The number of hydrogen-bond donors (Lipinski definition) is 1. The lowest BCUT2D eigenvalue weighted by atomic mass is 9.82. The summed E-state index contributed by atoms with van der Waals surface area (Å²) in [6, 6.07) is 15.8. The first-order valence-corrected chi connectivity index (χ1v) is 12.1. The molecule has 0 saturated carbocycles. The zero-order chi connectivity index (χ0) is 23.2. The zero-order valence-electron chi connectivity index (χ0n) is 19.9. The molecule has 1 N–H and O–H groups in total. The molecule has 0 atom stereocenters. The molecule has 0 saturated heterocycles. The lowest BCUT2D eigenvalue weighted by molar-refractivity contribution is 1.08. The maximum Gasteiger partial charge on any atom is 0.0601 e. The summed E-state index contributed by atoms with van der Waals surface area (Å²) in [5.41, 5.74) is 15.7. The van der Waals surface area contributed by atoms with E-state index < -0.39 is 0 Å². The predicted octanol–water partition coefficient (Wildman–Crippen LogP) is 7.94. The van der Waals surface area contributed by atoms with Crippen molar-refractivity contribution in [1.82, 2.24) is 5.32 Å². The molecule has 3 aliphatic carbocycles. The van der Waals surface area contributed by atoms with Crippen molar-refractivity contribution >= 4 is 6.08 Å². The van der Waals surface area contributed by atoms with E-state index in [0.29, 0.717) is 0 Å². The van der Waals surface area contributed by atoms with Crippen molar-refractivity contribution in [2.45, 2.75) is 27.2 Å². The van der Waals surface area contributed by atoms with Gasteiger partial charge in [-0.25, -0.2) is 0 Å². The van der Waals surface area contributed by atoms with Gasteiger partial charge in [-0.2, -0.15) is 0 Å². The molecule has 0 bridgehead atoms. The number of aryl methyl sites for hydroxylation is 1. The van der Waals surface area contributed by atoms with Crippen LogP contribution in [-0.2, 0) is 6.42 Å². The smallest absolute Gasteiger partial charge is 0.0601 e. The molecule has 1 radical (unpaired) electrons. The number of fused-ring (bicyclic) bond motifs is 2. The largest absolute Gasteiger partial charge is 0.361 e. The summed E-state index contributed by atoms with van der Waals surface area (Å²) in [5, 5.41) is 3.43. The van der Waals surface area contributed by atoms with Crippen LogP contribution in [0.3, 0.4) is 0 Å². The standard InChI is InChI=1S/C33H28N/c1-4-23-12-14-24(15-13-23)25-9-8-10-27-29(25)19-21(2)32(27)33-22(3)20-30-26(16-17-28(30)33)31-11-6-5-7-18-34-31/h5-20,34H,4H2,1-3H3. The molecular formula is C33H28N. The average Bonchev–Trinajstić information content (AvgIpc) is 3.41. The van der Waals surface area contributed by atoms with Crippen LogP contribution in [0, 0.1) is 5.92 Å². The normalized spacial score (nSPS) is 18.6. The predicted molar refractivity (Wildman–Crippen MR) is 144 cm³/mol. The van der Waals surface area contributed by atoms with E-state index in [2.05, 4.69) is 111 Å². The topological polar surface area (TPSA) is 12.0 Å². The van der Waals surface area contributed by atoms with Crippen LogP contribution in [0.2, 0.25) is 0 Å². The minimum Gasteiger partial charge on any atom is -0.361 e. The number of allylic oxidation sites excluding steroid dienone is 12. The average molecular weight is 439 g/mol. The van der Waals surface area contributed by atoms with Crippen molar-refractivity contribution in [3.05, 3.63) is 153 Å². The number of benzene rings is 2. The van der Waals surface area contributed by atoms with Crippen molar-refractivity contribution in [2.75, 3.05) is 0 Å². The molecule has 0 fully saturated rings. The third kappa shape index (κ3) is 3.23. The van der Waals surface area contributed by atoms with Gasteiger partial charge in [0.15, 0.2) is 0 Å². The maximum atomic E-state index is 3.43. The number of nitrogens with one attached hydrogen (secondary N) is 1. The van der Waals surface area contributed by atoms with Crippen molar-refractivity contribution in [3.8, 4) is 11.1 Å². The summed E-state index contributed by atoms with van der Waals surface area (Å²) in [6.45, 7) is 6.71. The lowest BCUT2D eigenvalue weighted by Crippen LogP contribution is -2.09. The highest BCUT2D eigenvalue weighted by molar-refractivity contribution is 5.90. The van der Waals surface area contributed by atoms with Crippen LogP contribution in [-0.4, -0.2) is 0 Å². The first-order chi connectivity index (χ1) is 16.7. The fourth-order valence-corrected chi connectivity index (χ4v) is 5.50. The molecule has 34 heavy (non-hydrogen) atoms. The van der Waals surface area contributed by atoms with Crippen LogP contribution in [0.1, 0.15) is 37.5 Å². The molecule has 0 spiro atoms. The molecule has 2 aromatic rings. The van der Waals surface area contributed by atoms with E-state index in [1.54, 1.807) is 0 Å². The minimum atomic E-state index is 1.07. The summed E-state index contributed by atoms with van der Waals surface area (Å²) in [6.07, 6.45) is 20.6. The highest BCUT2D eigenvalue weighted by Crippen LogP contribution is 2.52. The second-order valence-electron chi connectivity index (χ2n) is 9.27. The monoisotopic (exact) mass is 438 g/mol. The first kappa shape index (κ1) is 20.7. The molecule has 0 aromatic heterocycles. The Bertz CT molecular complexity index is 1440. The van der Waals surface area contributed by atoms with E-state index in [1.165, 1.54) is 67.2 Å². The Kier molecular flexibility index (Phi) is 4.99. The van der Waals surface area contributed by atoms with Crippen molar-refractivity contribution in [1.29, 1.82) is 0 Å². The van der Waals surface area contributed by atoms with Gasteiger partial charge in [0.2, 0.25) is 0 Å². The van der Waals surface area contributed by atoms with E-state index in [9.17, 15) is 0 Å². The number of rotatable bonds is 4. The molecule has 165 valence electrons. The number of hydrogen-bond acceptors (Lipinski definition) is 1. The van der Waals surface area contributed by atoms with Crippen molar-refractivity contribution in [2.24, 2.45) is 0 Å². The summed E-state index contributed by atoms with van der Waals surface area (Å²) in [4.78, 5) is 0. The lowest BCUT2D eigenvalue weighted by Gasteiger charge is -2.20. The quantitative estimate of drug-likeness (QED) is 0.511. The van der Waals surface area contributed by atoms with E-state index in [1.807, 2.05) is 12.3 Å². The van der Waals surface area contributed by atoms with Crippen molar-refractivity contribution < 1.29 is 0 Å². The summed E-state index contributed by atoms with van der Waals surface area (Å²) >= 11 is 0. The van der Waals surface area contributed by atoms with Crippen LogP contribution in [0.25, 0.3) is 17.2 Å². The summed E-state index contributed by atoms with van der Waals surface area (Å²) in [7, 11) is 0. The highest BCUT2D eigenvalue weighted by atomic mass is 14.9. The molecule has 1 nitrogen and oxygen atoms in total. The van der Waals surface area contributed by atoms with Gasteiger partial charge in [0.25, 0.3) is 0 Å².